The van der Waals surface area contributed by atoms with E-state index in [9.17, 15) is 33.9 Å². The highest BCUT2D eigenvalue weighted by molar-refractivity contribution is 6.03. The number of fused-ring (bicyclic) bond motifs is 2. The van der Waals surface area contributed by atoms with E-state index in [1.165, 1.54) is 13.1 Å². The zero-order valence-electron chi connectivity index (χ0n) is 31.4. The summed E-state index contributed by atoms with van der Waals surface area (Å²) in [7, 11) is 1.41. The number of aliphatic carboxylic acids is 1. The van der Waals surface area contributed by atoms with Crippen LogP contribution in [0, 0.1) is 0 Å². The maximum absolute atomic E-state index is 14.2. The Morgan fingerprint density at radius 2 is 1.56 bits per heavy atom. The summed E-state index contributed by atoms with van der Waals surface area (Å²) >= 11 is 0. The van der Waals surface area contributed by atoms with Crippen LogP contribution in [0.2, 0.25) is 0 Å². The van der Waals surface area contributed by atoms with Crippen molar-refractivity contribution >= 4 is 51.4 Å². The lowest BCUT2D eigenvalue weighted by atomic mass is 10.0. The van der Waals surface area contributed by atoms with Crippen LogP contribution in [0.25, 0.3) is 21.8 Å². The van der Waals surface area contributed by atoms with Crippen molar-refractivity contribution in [2.24, 2.45) is 7.05 Å². The molecule has 2 aromatic heterocycles. The number of pyridine rings is 1. The predicted octanol–water partition coefficient (Wildman–Crippen LogP) is 1.33. The third-order valence-corrected chi connectivity index (χ3v) is 9.95. The minimum Gasteiger partial charge on any atom is -0.506 e. The number of benzene rings is 3. The van der Waals surface area contributed by atoms with E-state index in [1.807, 2.05) is 60.8 Å². The molecule has 4 amide bonds. The number of hydrogen-bond acceptors (Lipinski definition) is 9. The lowest BCUT2D eigenvalue weighted by Crippen LogP contribution is -2.55. The fourth-order valence-corrected chi connectivity index (χ4v) is 6.86. The number of carbonyl (C=O) groups is 5. The molecule has 2 atom stereocenters. The third-order valence-electron chi connectivity index (χ3n) is 9.95. The Labute approximate surface area is 327 Å². The molecule has 298 valence electrons. The Bertz CT molecular complexity index is 2330. The molecule has 0 bridgehead atoms. The summed E-state index contributed by atoms with van der Waals surface area (Å²) in [6.45, 7) is 2.33. The molecule has 1 saturated heterocycles. The van der Waals surface area contributed by atoms with Crippen molar-refractivity contribution in [1.29, 1.82) is 0 Å². The van der Waals surface area contributed by atoms with E-state index >= 15 is 0 Å². The minimum atomic E-state index is -1.32. The Balaban J connectivity index is 1.21. The Morgan fingerprint density at radius 3 is 2.32 bits per heavy atom. The van der Waals surface area contributed by atoms with Gasteiger partial charge in [0.2, 0.25) is 17.7 Å². The Morgan fingerprint density at radius 1 is 0.842 bits per heavy atom. The number of amides is 4. The van der Waals surface area contributed by atoms with E-state index < -0.39 is 59.2 Å². The van der Waals surface area contributed by atoms with Crippen LogP contribution in [0.15, 0.2) is 83.8 Å². The second-order valence-corrected chi connectivity index (χ2v) is 13.9. The van der Waals surface area contributed by atoms with Gasteiger partial charge in [0.1, 0.15) is 29.9 Å². The smallest absolute Gasteiger partial charge is 0.322 e. The second-order valence-electron chi connectivity index (χ2n) is 13.9. The zero-order chi connectivity index (χ0) is 40.5. The zero-order valence-corrected chi connectivity index (χ0v) is 31.4. The van der Waals surface area contributed by atoms with Gasteiger partial charge in [-0.15, -0.1) is 0 Å². The SMILES string of the molecule is Cn1c(=O)c(C(=O)NCC(=O)O)c(O)c2cc(CNC(=O)[C@@H](Cc3ccccc3)NC(=O)[C@H](Cc3c[nH]c4ccccc34)NC(=O)CCN3CCOCC3)ccc21. The molecule has 0 radical (unpaired) electrons. The first-order valence-corrected chi connectivity index (χ1v) is 18.6. The summed E-state index contributed by atoms with van der Waals surface area (Å²) in [5.41, 5.74) is 1.84. The van der Waals surface area contributed by atoms with Gasteiger partial charge in [0.15, 0.2) is 0 Å². The van der Waals surface area contributed by atoms with Crippen molar-refractivity contribution in [1.82, 2.24) is 35.7 Å². The molecule has 7 N–H and O–H groups in total. The number of aromatic nitrogens is 2. The Hall–Kier alpha value is -6.52. The van der Waals surface area contributed by atoms with Crippen LogP contribution in [-0.4, -0.2) is 106 Å². The highest BCUT2D eigenvalue weighted by Crippen LogP contribution is 2.27. The quantitative estimate of drug-likeness (QED) is 0.0761. The van der Waals surface area contributed by atoms with Gasteiger partial charge in [0, 0.05) is 75.0 Å². The number of ether oxygens (including phenoxy) is 1. The minimum absolute atomic E-state index is 0.0597. The number of aromatic hydroxyl groups is 1. The van der Waals surface area contributed by atoms with Crippen LogP contribution in [0.5, 0.6) is 5.75 Å². The Kier molecular flexibility index (Phi) is 13.0. The number of para-hydroxylation sites is 1. The summed E-state index contributed by atoms with van der Waals surface area (Å²) < 4.78 is 6.57. The lowest BCUT2D eigenvalue weighted by Gasteiger charge is -2.27. The number of H-pyrrole nitrogens is 1. The highest BCUT2D eigenvalue weighted by Gasteiger charge is 2.29. The van der Waals surface area contributed by atoms with Crippen molar-refractivity contribution in [3.63, 3.8) is 0 Å². The summed E-state index contributed by atoms with van der Waals surface area (Å²) in [6, 6.07) is 19.4. The number of hydrogen-bond donors (Lipinski definition) is 7. The number of nitrogens with one attached hydrogen (secondary N) is 5. The number of rotatable bonds is 16. The molecule has 16 heteroatoms. The maximum atomic E-state index is 14.2. The van der Waals surface area contributed by atoms with Crippen molar-refractivity contribution < 1.29 is 38.9 Å². The number of aryl methyl sites for hydroxylation is 1. The topological polar surface area (TPSA) is 224 Å². The van der Waals surface area contributed by atoms with Gasteiger partial charge in [0.25, 0.3) is 11.5 Å². The lowest BCUT2D eigenvalue weighted by molar-refractivity contribution is -0.135. The van der Waals surface area contributed by atoms with Crippen LogP contribution in [0.1, 0.15) is 33.5 Å². The molecule has 6 rings (SSSR count). The number of morpholine rings is 1. The fourth-order valence-electron chi connectivity index (χ4n) is 6.86. The summed E-state index contributed by atoms with van der Waals surface area (Å²) in [6.07, 6.45) is 2.29. The molecule has 57 heavy (non-hydrogen) atoms. The normalized spacial score (nSPS) is 14.1. The van der Waals surface area contributed by atoms with Gasteiger partial charge in [-0.3, -0.25) is 33.7 Å². The van der Waals surface area contributed by atoms with E-state index in [2.05, 4.69) is 31.2 Å². The standard InChI is InChI=1S/C41H45N7O9/c1-47-33-12-11-26(19-29(33)37(52)36(41(47)56)40(55)44-24-35(50)51)22-43-38(53)31(20-25-7-3-2-4-8-25)46-39(54)32(21-27-23-42-30-10-6-5-9-28(27)30)45-34(49)13-14-48-15-17-57-18-16-48/h2-12,19,23,31-32,42,52H,13-18,20-22,24H2,1H3,(H,43,53)(H,44,55)(H,45,49)(H,46,54)(H,50,51)/t31-,32+/m1/s1. The summed E-state index contributed by atoms with van der Waals surface area (Å²) in [5.74, 6) is -4.37. The molecular weight excluding hydrogens is 734 g/mol. The first kappa shape index (κ1) is 40.2. The highest BCUT2D eigenvalue weighted by atomic mass is 16.5. The second kappa shape index (κ2) is 18.4. The van der Waals surface area contributed by atoms with E-state index in [0.29, 0.717) is 30.8 Å². The van der Waals surface area contributed by atoms with Crippen LogP contribution >= 0.6 is 0 Å². The number of carbonyl (C=O) groups excluding carboxylic acids is 4. The molecule has 1 fully saturated rings. The summed E-state index contributed by atoms with van der Waals surface area (Å²) in [5, 5.41) is 31.8. The molecule has 0 saturated carbocycles. The van der Waals surface area contributed by atoms with E-state index in [-0.39, 0.29) is 37.1 Å². The van der Waals surface area contributed by atoms with Gasteiger partial charge in [-0.2, -0.15) is 0 Å². The van der Waals surface area contributed by atoms with Gasteiger partial charge in [-0.25, -0.2) is 0 Å². The molecule has 1 aliphatic heterocycles. The van der Waals surface area contributed by atoms with E-state index in [4.69, 9.17) is 9.84 Å². The molecule has 3 aromatic carbocycles. The molecule has 1 aliphatic rings. The molecule has 5 aromatic rings. The molecule has 0 unspecified atom stereocenters. The van der Waals surface area contributed by atoms with Crippen LogP contribution in [-0.2, 0) is 50.3 Å². The summed E-state index contributed by atoms with van der Waals surface area (Å²) in [4.78, 5) is 83.4. The van der Waals surface area contributed by atoms with Crippen LogP contribution in [0.3, 0.4) is 0 Å². The number of nitrogens with zero attached hydrogens (tertiary/aromatic N) is 2. The fraction of sp³-hybridized carbons (Fsp3) is 0.317. The van der Waals surface area contributed by atoms with Gasteiger partial charge in [0.05, 0.1) is 18.7 Å². The number of carboxylic acid groups (broad SMARTS) is 1. The van der Waals surface area contributed by atoms with E-state index in [0.717, 1.165) is 39.7 Å². The van der Waals surface area contributed by atoms with Gasteiger partial charge in [-0.1, -0.05) is 54.6 Å². The molecular formula is C41H45N7O9. The number of aromatic amines is 1. The molecule has 3 heterocycles. The van der Waals surface area contributed by atoms with E-state index in [1.54, 1.807) is 12.1 Å². The monoisotopic (exact) mass is 779 g/mol. The van der Waals surface area contributed by atoms with Crippen molar-refractivity contribution in [2.45, 2.75) is 37.9 Å². The van der Waals surface area contributed by atoms with Crippen LogP contribution in [0.4, 0.5) is 0 Å². The van der Waals surface area contributed by atoms with Crippen molar-refractivity contribution in [3.05, 3.63) is 112 Å². The predicted molar refractivity (Wildman–Crippen MR) is 211 cm³/mol. The maximum Gasteiger partial charge on any atom is 0.322 e. The molecule has 0 aliphatic carbocycles. The average molecular weight is 780 g/mol. The largest absolute Gasteiger partial charge is 0.506 e. The first-order chi connectivity index (χ1) is 27.5. The molecule has 16 nitrogen and oxygen atoms in total. The van der Waals surface area contributed by atoms with Crippen molar-refractivity contribution in [3.8, 4) is 5.75 Å². The van der Waals surface area contributed by atoms with Gasteiger partial charge >= 0.3 is 5.97 Å². The van der Waals surface area contributed by atoms with Crippen LogP contribution < -0.4 is 26.8 Å². The number of carboxylic acids is 1. The first-order valence-electron chi connectivity index (χ1n) is 18.6. The van der Waals surface area contributed by atoms with Crippen molar-refractivity contribution in [2.75, 3.05) is 39.4 Å². The van der Waals surface area contributed by atoms with Gasteiger partial charge in [-0.05, 0) is 34.9 Å². The molecule has 0 spiro atoms. The van der Waals surface area contributed by atoms with Gasteiger partial charge < -0.3 is 45.8 Å². The average Bonchev–Trinajstić information content (AvgIpc) is 3.63. The third kappa shape index (κ3) is 10.0.